The second-order valence-corrected chi connectivity index (χ2v) is 8.23. The van der Waals surface area contributed by atoms with E-state index in [-0.39, 0.29) is 22.5 Å². The van der Waals surface area contributed by atoms with Crippen molar-refractivity contribution in [3.63, 3.8) is 0 Å². The van der Waals surface area contributed by atoms with Crippen LogP contribution in [0.3, 0.4) is 0 Å². The molecule has 1 aliphatic rings. The van der Waals surface area contributed by atoms with Gasteiger partial charge in [0, 0.05) is 29.2 Å². The lowest BCUT2D eigenvalue weighted by molar-refractivity contribution is 0.0983. The van der Waals surface area contributed by atoms with E-state index in [4.69, 9.17) is 11.6 Å². The molecular weight excluding hydrogens is 450 g/mol. The molecule has 8 heteroatoms. The summed E-state index contributed by atoms with van der Waals surface area (Å²) in [7, 11) is 0. The molecule has 4 aromatic rings. The lowest BCUT2D eigenvalue weighted by Gasteiger charge is -2.23. The van der Waals surface area contributed by atoms with E-state index in [1.54, 1.807) is 41.4 Å². The Bertz CT molecular complexity index is 1420. The number of fused-ring (bicyclic) bond motifs is 2. The standard InChI is InChI=1S/C26H20ClN5O2/c1-16-14-18(30-25(33)20-7-5-12-28-23(20)27)10-11-19(16)26(34)32-15-17-6-4-13-29-24(17)31-21-8-2-3-9-22(21)32/h2-14H,15H2,1H3,(H,29,31)(H,30,33). The molecule has 168 valence electrons. The topological polar surface area (TPSA) is 87.2 Å². The summed E-state index contributed by atoms with van der Waals surface area (Å²) in [5.41, 5.74) is 4.62. The number of benzene rings is 2. The molecule has 1 aliphatic heterocycles. The highest BCUT2D eigenvalue weighted by Gasteiger charge is 2.26. The van der Waals surface area contributed by atoms with E-state index in [9.17, 15) is 9.59 Å². The number of aryl methyl sites for hydroxylation is 1. The Labute approximate surface area is 201 Å². The third kappa shape index (κ3) is 4.09. The van der Waals surface area contributed by atoms with Crippen molar-refractivity contribution >= 4 is 46.3 Å². The van der Waals surface area contributed by atoms with Crippen LogP contribution in [0.2, 0.25) is 5.15 Å². The number of para-hydroxylation sites is 2. The molecule has 0 radical (unpaired) electrons. The predicted octanol–water partition coefficient (Wildman–Crippen LogP) is 5.59. The van der Waals surface area contributed by atoms with Gasteiger partial charge in [-0.1, -0.05) is 29.8 Å². The Morgan fingerprint density at radius 1 is 0.971 bits per heavy atom. The zero-order chi connectivity index (χ0) is 23.7. The van der Waals surface area contributed by atoms with Crippen LogP contribution in [0.5, 0.6) is 0 Å². The van der Waals surface area contributed by atoms with Crippen LogP contribution in [0.1, 0.15) is 31.8 Å². The number of hydrogen-bond donors (Lipinski definition) is 2. The Morgan fingerprint density at radius 3 is 2.59 bits per heavy atom. The first-order chi connectivity index (χ1) is 16.5. The number of anilines is 4. The van der Waals surface area contributed by atoms with Crippen molar-refractivity contribution in [1.29, 1.82) is 0 Å². The van der Waals surface area contributed by atoms with Crippen molar-refractivity contribution in [2.45, 2.75) is 13.5 Å². The van der Waals surface area contributed by atoms with Crippen LogP contribution < -0.4 is 15.5 Å². The number of aromatic nitrogens is 2. The molecule has 2 aromatic heterocycles. The second kappa shape index (κ2) is 8.96. The lowest BCUT2D eigenvalue weighted by Crippen LogP contribution is -2.30. The van der Waals surface area contributed by atoms with Gasteiger partial charge in [0.15, 0.2) is 0 Å². The lowest BCUT2D eigenvalue weighted by atomic mass is 10.1. The van der Waals surface area contributed by atoms with E-state index in [0.717, 1.165) is 28.3 Å². The third-order valence-electron chi connectivity index (χ3n) is 5.63. The summed E-state index contributed by atoms with van der Waals surface area (Å²) in [5, 5.41) is 6.29. The molecule has 2 amide bonds. The summed E-state index contributed by atoms with van der Waals surface area (Å²) in [5.74, 6) is 0.221. The van der Waals surface area contributed by atoms with E-state index < -0.39 is 0 Å². The van der Waals surface area contributed by atoms with Crippen LogP contribution in [0.25, 0.3) is 0 Å². The summed E-state index contributed by atoms with van der Waals surface area (Å²) in [6.07, 6.45) is 3.25. The molecule has 0 bridgehead atoms. The van der Waals surface area contributed by atoms with Crippen LogP contribution in [0, 0.1) is 6.92 Å². The first-order valence-corrected chi connectivity index (χ1v) is 11.0. The average molecular weight is 470 g/mol. The smallest absolute Gasteiger partial charge is 0.258 e. The number of halogens is 1. The van der Waals surface area contributed by atoms with Crippen molar-refractivity contribution < 1.29 is 9.59 Å². The SMILES string of the molecule is Cc1cc(NC(=O)c2cccnc2Cl)ccc1C(=O)N1Cc2cccnc2Nc2ccccc21. The first-order valence-electron chi connectivity index (χ1n) is 10.7. The first kappa shape index (κ1) is 21.6. The van der Waals surface area contributed by atoms with Gasteiger partial charge in [-0.3, -0.25) is 9.59 Å². The maximum atomic E-state index is 13.7. The summed E-state index contributed by atoms with van der Waals surface area (Å²) >= 11 is 6.03. The molecule has 0 unspecified atom stereocenters. The molecule has 0 fully saturated rings. The molecule has 0 saturated heterocycles. The van der Waals surface area contributed by atoms with Gasteiger partial charge in [-0.25, -0.2) is 9.97 Å². The molecule has 2 N–H and O–H groups in total. The van der Waals surface area contributed by atoms with Crippen molar-refractivity contribution in [1.82, 2.24) is 9.97 Å². The average Bonchev–Trinajstić information content (AvgIpc) is 3.01. The van der Waals surface area contributed by atoms with Gasteiger partial charge in [0.1, 0.15) is 11.0 Å². The van der Waals surface area contributed by atoms with Crippen LogP contribution in [0.15, 0.2) is 79.1 Å². The number of hydrogen-bond acceptors (Lipinski definition) is 5. The molecule has 0 atom stereocenters. The predicted molar refractivity (Wildman–Crippen MR) is 133 cm³/mol. The third-order valence-corrected chi connectivity index (χ3v) is 5.93. The van der Waals surface area contributed by atoms with Crippen molar-refractivity contribution in [3.05, 3.63) is 107 Å². The van der Waals surface area contributed by atoms with E-state index in [2.05, 4.69) is 20.6 Å². The molecule has 34 heavy (non-hydrogen) atoms. The minimum Gasteiger partial charge on any atom is -0.338 e. The Hall–Kier alpha value is -4.23. The minimum atomic E-state index is -0.367. The number of nitrogens with zero attached hydrogens (tertiary/aromatic N) is 3. The monoisotopic (exact) mass is 469 g/mol. The highest BCUT2D eigenvalue weighted by Crippen LogP contribution is 2.35. The molecule has 0 aliphatic carbocycles. The molecule has 0 saturated carbocycles. The fraction of sp³-hybridized carbons (Fsp3) is 0.0769. The normalized spacial score (nSPS) is 12.1. The van der Waals surface area contributed by atoms with Crippen molar-refractivity contribution in [2.75, 3.05) is 15.5 Å². The van der Waals surface area contributed by atoms with E-state index in [0.29, 0.717) is 17.8 Å². The van der Waals surface area contributed by atoms with E-state index >= 15 is 0 Å². The van der Waals surface area contributed by atoms with E-state index in [1.165, 1.54) is 6.20 Å². The molecule has 2 aromatic carbocycles. The van der Waals surface area contributed by atoms with E-state index in [1.807, 2.05) is 43.3 Å². The Balaban J connectivity index is 1.45. The summed E-state index contributed by atoms with van der Waals surface area (Å²) < 4.78 is 0. The summed E-state index contributed by atoms with van der Waals surface area (Å²) in [6, 6.07) is 19.9. The molecular formula is C26H20ClN5O2. The number of pyridine rings is 2. The van der Waals surface area contributed by atoms with Gasteiger partial charge in [0.2, 0.25) is 0 Å². The molecule has 7 nitrogen and oxygen atoms in total. The summed E-state index contributed by atoms with van der Waals surface area (Å²) in [6.45, 7) is 2.22. The zero-order valence-corrected chi connectivity index (χ0v) is 19.0. The number of carbonyl (C=O) groups is 2. The van der Waals surface area contributed by atoms with Gasteiger partial charge in [0.05, 0.1) is 23.5 Å². The number of carbonyl (C=O) groups excluding carboxylic acids is 2. The second-order valence-electron chi connectivity index (χ2n) is 7.87. The molecule has 0 spiro atoms. The van der Waals surface area contributed by atoms with Gasteiger partial charge in [-0.2, -0.15) is 0 Å². The summed E-state index contributed by atoms with van der Waals surface area (Å²) in [4.78, 5) is 36.4. The number of nitrogens with one attached hydrogen (secondary N) is 2. The van der Waals surface area contributed by atoms with Crippen molar-refractivity contribution in [3.8, 4) is 0 Å². The largest absolute Gasteiger partial charge is 0.338 e. The Kier molecular flexibility index (Phi) is 5.69. The highest BCUT2D eigenvalue weighted by atomic mass is 35.5. The maximum absolute atomic E-state index is 13.7. The minimum absolute atomic E-state index is 0.131. The van der Waals surface area contributed by atoms with Gasteiger partial charge < -0.3 is 15.5 Å². The van der Waals surface area contributed by atoms with Gasteiger partial charge in [0.25, 0.3) is 11.8 Å². The highest BCUT2D eigenvalue weighted by molar-refractivity contribution is 6.33. The fourth-order valence-corrected chi connectivity index (χ4v) is 4.14. The quantitative estimate of drug-likeness (QED) is 0.382. The number of rotatable bonds is 3. The zero-order valence-electron chi connectivity index (χ0n) is 18.2. The van der Waals surface area contributed by atoms with Crippen LogP contribution in [-0.4, -0.2) is 21.8 Å². The maximum Gasteiger partial charge on any atom is 0.258 e. The van der Waals surface area contributed by atoms with Crippen LogP contribution in [0.4, 0.5) is 22.9 Å². The number of amides is 2. The van der Waals surface area contributed by atoms with Crippen LogP contribution in [-0.2, 0) is 6.54 Å². The molecule has 3 heterocycles. The molecule has 5 rings (SSSR count). The van der Waals surface area contributed by atoms with Crippen molar-refractivity contribution in [2.24, 2.45) is 0 Å². The van der Waals surface area contributed by atoms with Crippen LogP contribution >= 0.6 is 11.6 Å². The van der Waals surface area contributed by atoms with Gasteiger partial charge in [-0.15, -0.1) is 0 Å². The van der Waals surface area contributed by atoms with Gasteiger partial charge >= 0.3 is 0 Å². The fourth-order valence-electron chi connectivity index (χ4n) is 3.94. The Morgan fingerprint density at radius 2 is 1.76 bits per heavy atom. The van der Waals surface area contributed by atoms with Gasteiger partial charge in [-0.05, 0) is 61.0 Å².